The summed E-state index contributed by atoms with van der Waals surface area (Å²) in [6.07, 6.45) is 3.45. The van der Waals surface area contributed by atoms with E-state index >= 15 is 0 Å². The maximum Gasteiger partial charge on any atom is 0.0890 e. The second-order valence-electron chi connectivity index (χ2n) is 8.97. The molecule has 3 heteroatoms. The molecule has 0 aliphatic carbocycles. The van der Waals surface area contributed by atoms with Gasteiger partial charge in [0.15, 0.2) is 0 Å². The quantitative estimate of drug-likeness (QED) is 0.334. The van der Waals surface area contributed by atoms with E-state index in [-0.39, 0.29) is 6.04 Å². The van der Waals surface area contributed by atoms with Gasteiger partial charge in [-0.1, -0.05) is 97.1 Å². The van der Waals surface area contributed by atoms with Gasteiger partial charge in [-0.3, -0.25) is 4.90 Å². The van der Waals surface area contributed by atoms with Crippen LogP contribution in [0.4, 0.5) is 5.69 Å². The average molecular weight is 443 g/mol. The number of nitrogens with zero attached hydrogens (tertiary/aromatic N) is 2. The van der Waals surface area contributed by atoms with Gasteiger partial charge in [-0.2, -0.15) is 0 Å². The van der Waals surface area contributed by atoms with Crippen molar-refractivity contribution in [2.24, 2.45) is 0 Å². The predicted octanol–water partition coefficient (Wildman–Crippen LogP) is 6.55. The molecule has 0 unspecified atom stereocenters. The molecule has 1 radical (unpaired) electrons. The maximum absolute atomic E-state index is 3.45. The standard InChI is InChI=1S/C31H28N3/c1-4-10-24(11-5-1)27-16-17-29-28(22-27)30(23-32-29)33-18-20-34(21-19-33)31(25-12-6-2-7-13-25)26-14-8-3-9-15-26/h1-17,22,31-32H,18-21H2. The van der Waals surface area contributed by atoms with Gasteiger partial charge < -0.3 is 9.88 Å². The van der Waals surface area contributed by atoms with Crippen LogP contribution in [0.5, 0.6) is 0 Å². The highest BCUT2D eigenvalue weighted by Crippen LogP contribution is 2.34. The normalized spacial score (nSPS) is 14.7. The Morgan fingerprint density at radius 3 is 1.82 bits per heavy atom. The molecule has 3 nitrogen and oxygen atoms in total. The lowest BCUT2D eigenvalue weighted by Gasteiger charge is -2.40. The molecule has 0 amide bonds. The van der Waals surface area contributed by atoms with Crippen molar-refractivity contribution in [1.82, 2.24) is 9.88 Å². The van der Waals surface area contributed by atoms with Crippen LogP contribution < -0.4 is 4.90 Å². The zero-order chi connectivity index (χ0) is 22.7. The second-order valence-corrected chi connectivity index (χ2v) is 8.97. The highest BCUT2D eigenvalue weighted by Gasteiger charge is 2.27. The molecule has 2 heterocycles. The van der Waals surface area contributed by atoms with Crippen LogP contribution in [0.15, 0.2) is 109 Å². The third-order valence-electron chi connectivity index (χ3n) is 6.92. The summed E-state index contributed by atoms with van der Waals surface area (Å²) < 4.78 is 0. The molecule has 1 aromatic heterocycles. The predicted molar refractivity (Wildman–Crippen MR) is 141 cm³/mol. The fraction of sp³-hybridized carbons (Fsp3) is 0.161. The first-order valence-corrected chi connectivity index (χ1v) is 12.0. The number of aromatic nitrogens is 1. The smallest absolute Gasteiger partial charge is 0.0890 e. The molecule has 167 valence electrons. The Morgan fingerprint density at radius 2 is 1.21 bits per heavy atom. The lowest BCUT2D eigenvalue weighted by molar-refractivity contribution is 0.212. The van der Waals surface area contributed by atoms with Crippen molar-refractivity contribution in [1.29, 1.82) is 0 Å². The Kier molecular flexibility index (Phi) is 5.62. The number of hydrogen-bond acceptors (Lipinski definition) is 2. The number of benzene rings is 4. The molecule has 1 aliphatic heterocycles. The van der Waals surface area contributed by atoms with Crippen molar-refractivity contribution in [3.05, 3.63) is 127 Å². The SMILES string of the molecule is [c]1[nH]c2ccc(-c3ccccc3)cc2c1N1CCN(C(c2ccccc2)c2ccccc2)CC1. The van der Waals surface area contributed by atoms with E-state index in [2.05, 4.69) is 130 Å². The minimum Gasteiger partial charge on any atom is -0.367 e. The molecular weight excluding hydrogens is 414 g/mol. The molecule has 34 heavy (non-hydrogen) atoms. The summed E-state index contributed by atoms with van der Waals surface area (Å²) in [6, 6.07) is 39.3. The highest BCUT2D eigenvalue weighted by molar-refractivity contribution is 5.95. The van der Waals surface area contributed by atoms with E-state index in [0.29, 0.717) is 0 Å². The van der Waals surface area contributed by atoms with Crippen molar-refractivity contribution in [2.45, 2.75) is 6.04 Å². The van der Waals surface area contributed by atoms with Crippen molar-refractivity contribution >= 4 is 16.6 Å². The van der Waals surface area contributed by atoms with Crippen LogP contribution in [0.1, 0.15) is 17.2 Å². The number of nitrogens with one attached hydrogen (secondary N) is 1. The number of fused-ring (bicyclic) bond motifs is 1. The van der Waals surface area contributed by atoms with Crippen molar-refractivity contribution in [3.8, 4) is 11.1 Å². The van der Waals surface area contributed by atoms with Gasteiger partial charge in [0.05, 0.1) is 17.9 Å². The molecule has 1 aliphatic rings. The molecule has 4 aromatic carbocycles. The molecule has 0 spiro atoms. The number of anilines is 1. The highest BCUT2D eigenvalue weighted by atomic mass is 15.3. The van der Waals surface area contributed by atoms with E-state index < -0.39 is 0 Å². The van der Waals surface area contributed by atoms with Crippen LogP contribution in [-0.2, 0) is 0 Å². The van der Waals surface area contributed by atoms with Crippen molar-refractivity contribution < 1.29 is 0 Å². The molecular formula is C31H28N3. The van der Waals surface area contributed by atoms with E-state index in [1.807, 2.05) is 0 Å². The number of aromatic amines is 1. The summed E-state index contributed by atoms with van der Waals surface area (Å²) in [5.74, 6) is 0. The Hall–Kier alpha value is -3.82. The average Bonchev–Trinajstić information content (AvgIpc) is 3.34. The summed E-state index contributed by atoms with van der Waals surface area (Å²) >= 11 is 0. The first kappa shape index (κ1) is 20.8. The van der Waals surface area contributed by atoms with Crippen LogP contribution in [0, 0.1) is 6.20 Å². The molecule has 0 bridgehead atoms. The van der Waals surface area contributed by atoms with Crippen LogP contribution in [-0.4, -0.2) is 36.1 Å². The maximum atomic E-state index is 3.45. The van der Waals surface area contributed by atoms with Gasteiger partial charge in [-0.05, 0) is 34.4 Å². The van der Waals surface area contributed by atoms with Crippen LogP contribution in [0.25, 0.3) is 22.0 Å². The zero-order valence-corrected chi connectivity index (χ0v) is 19.2. The van der Waals surface area contributed by atoms with Gasteiger partial charge in [0, 0.05) is 37.1 Å². The Balaban J connectivity index is 1.26. The fourth-order valence-corrected chi connectivity index (χ4v) is 5.19. The Labute approximate surface area is 201 Å². The largest absolute Gasteiger partial charge is 0.367 e. The first-order valence-electron chi connectivity index (χ1n) is 12.0. The summed E-state index contributed by atoms with van der Waals surface area (Å²) in [5.41, 5.74) is 7.53. The zero-order valence-electron chi connectivity index (χ0n) is 19.2. The van der Waals surface area contributed by atoms with Crippen LogP contribution in [0.3, 0.4) is 0 Å². The molecule has 1 fully saturated rings. The number of H-pyrrole nitrogens is 1. The molecule has 5 aromatic rings. The number of hydrogen-bond donors (Lipinski definition) is 1. The lowest BCUT2D eigenvalue weighted by atomic mass is 9.96. The Morgan fingerprint density at radius 1 is 0.618 bits per heavy atom. The van der Waals surface area contributed by atoms with Gasteiger partial charge in [0.25, 0.3) is 0 Å². The summed E-state index contributed by atoms with van der Waals surface area (Å²) in [4.78, 5) is 8.47. The number of piperazine rings is 1. The topological polar surface area (TPSA) is 22.3 Å². The minimum atomic E-state index is 0.279. The van der Waals surface area contributed by atoms with Crippen LogP contribution in [0.2, 0.25) is 0 Å². The minimum absolute atomic E-state index is 0.279. The molecule has 0 atom stereocenters. The van der Waals surface area contributed by atoms with E-state index in [9.17, 15) is 0 Å². The van der Waals surface area contributed by atoms with Gasteiger partial charge >= 0.3 is 0 Å². The summed E-state index contributed by atoms with van der Waals surface area (Å²) in [5, 5.41) is 1.25. The van der Waals surface area contributed by atoms with Crippen molar-refractivity contribution in [3.63, 3.8) is 0 Å². The van der Waals surface area contributed by atoms with E-state index in [4.69, 9.17) is 0 Å². The fourth-order valence-electron chi connectivity index (χ4n) is 5.19. The Bertz CT molecular complexity index is 1310. The molecule has 1 saturated heterocycles. The first-order chi connectivity index (χ1) is 16.9. The van der Waals surface area contributed by atoms with Gasteiger partial charge in [0.1, 0.15) is 0 Å². The molecule has 1 N–H and O–H groups in total. The monoisotopic (exact) mass is 442 g/mol. The third kappa shape index (κ3) is 4.00. The van der Waals surface area contributed by atoms with Crippen LogP contribution >= 0.6 is 0 Å². The van der Waals surface area contributed by atoms with Gasteiger partial charge in [0.2, 0.25) is 0 Å². The summed E-state index contributed by atoms with van der Waals surface area (Å²) in [7, 11) is 0. The third-order valence-corrected chi connectivity index (χ3v) is 6.92. The van der Waals surface area contributed by atoms with Gasteiger partial charge in [-0.15, -0.1) is 0 Å². The lowest BCUT2D eigenvalue weighted by Crippen LogP contribution is -2.48. The van der Waals surface area contributed by atoms with Gasteiger partial charge in [-0.25, -0.2) is 0 Å². The summed E-state index contributed by atoms with van der Waals surface area (Å²) in [6.45, 7) is 3.98. The van der Waals surface area contributed by atoms with E-state index in [0.717, 1.165) is 31.7 Å². The van der Waals surface area contributed by atoms with E-state index in [1.54, 1.807) is 0 Å². The van der Waals surface area contributed by atoms with E-state index in [1.165, 1.54) is 33.3 Å². The molecule has 6 rings (SSSR count). The van der Waals surface area contributed by atoms with Crippen molar-refractivity contribution in [2.75, 3.05) is 31.1 Å². The number of rotatable bonds is 5. The second kappa shape index (κ2) is 9.20. The molecule has 0 saturated carbocycles.